The van der Waals surface area contributed by atoms with Gasteiger partial charge in [-0.3, -0.25) is 0 Å². The first-order valence-electron chi connectivity index (χ1n) is 6.96. The van der Waals surface area contributed by atoms with Crippen molar-refractivity contribution < 1.29 is 0 Å². The van der Waals surface area contributed by atoms with Crippen molar-refractivity contribution in [3.63, 3.8) is 0 Å². The largest absolute Gasteiger partial charge is 0.311 e. The molecule has 1 aromatic carbocycles. The Balaban J connectivity index is 1.90. The fourth-order valence-electron chi connectivity index (χ4n) is 2.77. The molecule has 0 atom stereocenters. The monoisotopic (exact) mass is 264 g/mol. The van der Waals surface area contributed by atoms with Crippen molar-refractivity contribution in [1.82, 2.24) is 19.9 Å². The van der Waals surface area contributed by atoms with E-state index < -0.39 is 0 Å². The van der Waals surface area contributed by atoms with Gasteiger partial charge in [0.25, 0.3) is 0 Å². The van der Waals surface area contributed by atoms with Crippen molar-refractivity contribution in [1.29, 1.82) is 0 Å². The van der Waals surface area contributed by atoms with Gasteiger partial charge in [-0.25, -0.2) is 9.50 Å². The number of fused-ring (bicyclic) bond motifs is 3. The molecule has 0 radical (unpaired) electrons. The van der Waals surface area contributed by atoms with E-state index in [1.807, 2.05) is 4.52 Å². The maximum absolute atomic E-state index is 4.77. The van der Waals surface area contributed by atoms with Gasteiger partial charge in [0.2, 0.25) is 0 Å². The lowest BCUT2D eigenvalue weighted by atomic mass is 10.1. The van der Waals surface area contributed by atoms with Gasteiger partial charge < -0.3 is 5.32 Å². The van der Waals surface area contributed by atoms with E-state index in [2.05, 4.69) is 53.6 Å². The fraction of sp³-hybridized carbons (Fsp3) is 0.250. The van der Waals surface area contributed by atoms with E-state index in [-0.39, 0.29) is 0 Å². The SMILES string of the molecule is Cc1cccc(-c2ccc3nc4c(n3n2)CNCC4)c1. The number of benzene rings is 1. The quantitative estimate of drug-likeness (QED) is 0.733. The van der Waals surface area contributed by atoms with Gasteiger partial charge in [-0.05, 0) is 25.1 Å². The molecule has 0 fully saturated rings. The first kappa shape index (κ1) is 11.6. The van der Waals surface area contributed by atoms with Gasteiger partial charge in [-0.2, -0.15) is 5.10 Å². The van der Waals surface area contributed by atoms with E-state index in [0.717, 1.165) is 36.4 Å². The van der Waals surface area contributed by atoms with Crippen LogP contribution in [-0.2, 0) is 13.0 Å². The van der Waals surface area contributed by atoms with Crippen LogP contribution in [-0.4, -0.2) is 21.1 Å². The summed E-state index contributed by atoms with van der Waals surface area (Å²) < 4.78 is 1.99. The second kappa shape index (κ2) is 4.42. The topological polar surface area (TPSA) is 42.2 Å². The fourth-order valence-corrected chi connectivity index (χ4v) is 2.77. The Kier molecular flexibility index (Phi) is 2.57. The first-order valence-corrected chi connectivity index (χ1v) is 6.96. The smallest absolute Gasteiger partial charge is 0.154 e. The zero-order chi connectivity index (χ0) is 13.5. The van der Waals surface area contributed by atoms with Crippen molar-refractivity contribution in [2.45, 2.75) is 19.9 Å². The summed E-state index contributed by atoms with van der Waals surface area (Å²) in [6.45, 7) is 3.95. The molecule has 0 bridgehead atoms. The van der Waals surface area contributed by atoms with Crippen LogP contribution in [0.2, 0.25) is 0 Å². The number of imidazole rings is 1. The van der Waals surface area contributed by atoms with Crippen LogP contribution >= 0.6 is 0 Å². The van der Waals surface area contributed by atoms with E-state index >= 15 is 0 Å². The summed E-state index contributed by atoms with van der Waals surface area (Å²) in [4.78, 5) is 4.67. The molecule has 0 saturated heterocycles. The highest BCUT2D eigenvalue weighted by Gasteiger charge is 2.16. The minimum Gasteiger partial charge on any atom is -0.311 e. The molecule has 0 unspecified atom stereocenters. The minimum absolute atomic E-state index is 0.848. The Morgan fingerprint density at radius 3 is 3.05 bits per heavy atom. The molecule has 2 aromatic heterocycles. The van der Waals surface area contributed by atoms with Gasteiger partial charge in [0.15, 0.2) is 5.65 Å². The first-order chi connectivity index (χ1) is 9.81. The van der Waals surface area contributed by atoms with Crippen LogP contribution in [0, 0.1) is 6.92 Å². The Bertz CT molecular complexity index is 788. The van der Waals surface area contributed by atoms with E-state index in [1.54, 1.807) is 0 Å². The van der Waals surface area contributed by atoms with Gasteiger partial charge in [-0.1, -0.05) is 23.8 Å². The van der Waals surface area contributed by atoms with Crippen molar-refractivity contribution in [3.05, 3.63) is 53.3 Å². The third-order valence-electron chi connectivity index (χ3n) is 3.80. The van der Waals surface area contributed by atoms with Crippen LogP contribution in [0.15, 0.2) is 36.4 Å². The Hall–Kier alpha value is -2.20. The third-order valence-corrected chi connectivity index (χ3v) is 3.80. The molecule has 3 aromatic rings. The average Bonchev–Trinajstić information content (AvgIpc) is 2.85. The second-order valence-corrected chi connectivity index (χ2v) is 5.29. The van der Waals surface area contributed by atoms with Gasteiger partial charge in [0.1, 0.15) is 0 Å². The van der Waals surface area contributed by atoms with Crippen molar-refractivity contribution >= 4 is 5.65 Å². The number of aryl methyl sites for hydroxylation is 1. The van der Waals surface area contributed by atoms with Gasteiger partial charge in [0.05, 0.1) is 17.1 Å². The maximum Gasteiger partial charge on any atom is 0.154 e. The van der Waals surface area contributed by atoms with Gasteiger partial charge in [0, 0.05) is 25.1 Å². The lowest BCUT2D eigenvalue weighted by molar-refractivity contribution is 0.611. The van der Waals surface area contributed by atoms with Gasteiger partial charge >= 0.3 is 0 Å². The minimum atomic E-state index is 0.848. The Morgan fingerprint density at radius 1 is 1.20 bits per heavy atom. The number of nitrogens with one attached hydrogen (secondary N) is 1. The number of rotatable bonds is 1. The number of hydrogen-bond donors (Lipinski definition) is 1. The predicted molar refractivity (Wildman–Crippen MR) is 78.6 cm³/mol. The summed E-state index contributed by atoms with van der Waals surface area (Å²) in [5.74, 6) is 0. The zero-order valence-corrected chi connectivity index (χ0v) is 11.4. The summed E-state index contributed by atoms with van der Waals surface area (Å²) >= 11 is 0. The molecule has 4 heteroatoms. The second-order valence-electron chi connectivity index (χ2n) is 5.29. The summed E-state index contributed by atoms with van der Waals surface area (Å²) in [6, 6.07) is 12.5. The molecule has 100 valence electrons. The van der Waals surface area contributed by atoms with Crippen molar-refractivity contribution in [3.8, 4) is 11.3 Å². The van der Waals surface area contributed by atoms with Crippen molar-refractivity contribution in [2.24, 2.45) is 0 Å². The molecule has 0 saturated carbocycles. The highest BCUT2D eigenvalue weighted by molar-refractivity contribution is 5.61. The van der Waals surface area contributed by atoms with Crippen LogP contribution in [0.1, 0.15) is 17.0 Å². The third kappa shape index (κ3) is 1.80. The summed E-state index contributed by atoms with van der Waals surface area (Å²) in [7, 11) is 0. The molecule has 3 heterocycles. The maximum atomic E-state index is 4.77. The molecule has 0 spiro atoms. The molecule has 4 rings (SSSR count). The summed E-state index contributed by atoms with van der Waals surface area (Å²) in [5, 5.41) is 8.16. The summed E-state index contributed by atoms with van der Waals surface area (Å²) in [6.07, 6.45) is 0.985. The standard InChI is InChI=1S/C16H16N4/c1-11-3-2-4-12(9-11)13-5-6-16-18-14-7-8-17-10-15(14)20(16)19-13/h2-6,9,17H,7-8,10H2,1H3. The molecule has 1 N–H and O–H groups in total. The highest BCUT2D eigenvalue weighted by Crippen LogP contribution is 2.21. The molecule has 4 nitrogen and oxygen atoms in total. The van der Waals surface area contributed by atoms with Crippen LogP contribution in [0.25, 0.3) is 16.9 Å². The number of nitrogens with zero attached hydrogens (tertiary/aromatic N) is 3. The van der Waals surface area contributed by atoms with E-state index in [9.17, 15) is 0 Å². The lowest BCUT2D eigenvalue weighted by Gasteiger charge is -2.11. The van der Waals surface area contributed by atoms with E-state index in [1.165, 1.54) is 17.0 Å². The molecule has 1 aliphatic rings. The Labute approximate surface area is 117 Å². The van der Waals surface area contributed by atoms with Crippen LogP contribution < -0.4 is 5.32 Å². The number of aromatic nitrogens is 3. The molecule has 0 aliphatic carbocycles. The van der Waals surface area contributed by atoms with Crippen LogP contribution in [0.3, 0.4) is 0 Å². The summed E-state index contributed by atoms with van der Waals surface area (Å²) in [5.41, 5.74) is 6.71. The average molecular weight is 264 g/mol. The normalized spacial score (nSPS) is 14.4. The highest BCUT2D eigenvalue weighted by atomic mass is 15.3. The molecular weight excluding hydrogens is 248 g/mol. The number of hydrogen-bond acceptors (Lipinski definition) is 3. The lowest BCUT2D eigenvalue weighted by Crippen LogP contribution is -2.24. The molecule has 20 heavy (non-hydrogen) atoms. The van der Waals surface area contributed by atoms with Crippen LogP contribution in [0.4, 0.5) is 0 Å². The molecule has 0 amide bonds. The van der Waals surface area contributed by atoms with Crippen molar-refractivity contribution in [2.75, 3.05) is 6.54 Å². The van der Waals surface area contributed by atoms with Gasteiger partial charge in [-0.15, -0.1) is 0 Å². The van der Waals surface area contributed by atoms with E-state index in [4.69, 9.17) is 5.10 Å². The molecule has 1 aliphatic heterocycles. The Morgan fingerprint density at radius 2 is 2.15 bits per heavy atom. The molecular formula is C16H16N4. The predicted octanol–water partition coefficient (Wildman–Crippen LogP) is 2.35. The van der Waals surface area contributed by atoms with E-state index in [0.29, 0.717) is 0 Å². The zero-order valence-electron chi connectivity index (χ0n) is 11.4. The van der Waals surface area contributed by atoms with Crippen LogP contribution in [0.5, 0.6) is 0 Å².